The molecule has 24 heavy (non-hydrogen) atoms. The summed E-state index contributed by atoms with van der Waals surface area (Å²) >= 11 is 3.34. The summed E-state index contributed by atoms with van der Waals surface area (Å²) in [5.74, 6) is 0.997. The number of hydrogen-bond donors (Lipinski definition) is 1. The Morgan fingerprint density at radius 2 is 1.96 bits per heavy atom. The third-order valence-electron chi connectivity index (χ3n) is 3.05. The molecule has 0 heterocycles. The topological polar surface area (TPSA) is 59.9 Å². The summed E-state index contributed by atoms with van der Waals surface area (Å²) in [7, 11) is 1.58. The molecule has 1 N–H and O–H groups in total. The second kappa shape index (κ2) is 8.49. The van der Waals surface area contributed by atoms with Gasteiger partial charge in [0.15, 0.2) is 11.5 Å². The summed E-state index contributed by atoms with van der Waals surface area (Å²) in [6.45, 7) is 3.90. The molecular formula is C18H19BrN2O3. The second-order valence-corrected chi connectivity index (χ2v) is 6.11. The van der Waals surface area contributed by atoms with Crippen molar-refractivity contribution in [3.05, 3.63) is 58.1 Å². The van der Waals surface area contributed by atoms with Crippen LogP contribution in [-0.4, -0.2) is 25.3 Å². The molecule has 0 unspecified atom stereocenters. The van der Waals surface area contributed by atoms with Gasteiger partial charge in [0, 0.05) is 4.47 Å². The Hall–Kier alpha value is -2.34. The van der Waals surface area contributed by atoms with Crippen molar-refractivity contribution in [1.29, 1.82) is 0 Å². The third-order valence-corrected chi connectivity index (χ3v) is 3.74. The number of halogens is 1. The van der Waals surface area contributed by atoms with Crippen molar-refractivity contribution in [2.75, 3.05) is 7.11 Å². The first-order valence-corrected chi connectivity index (χ1v) is 8.23. The molecule has 6 heteroatoms. The van der Waals surface area contributed by atoms with Crippen LogP contribution in [0.3, 0.4) is 0 Å². The molecule has 0 saturated heterocycles. The number of nitrogens with one attached hydrogen (secondary N) is 1. The maximum Gasteiger partial charge on any atom is 0.272 e. The molecule has 0 saturated carbocycles. The summed E-state index contributed by atoms with van der Waals surface area (Å²) < 4.78 is 11.7. The fourth-order valence-corrected chi connectivity index (χ4v) is 2.45. The first-order valence-electron chi connectivity index (χ1n) is 7.44. The lowest BCUT2D eigenvalue weighted by Crippen LogP contribution is -2.18. The van der Waals surface area contributed by atoms with Crippen LogP contribution in [0.25, 0.3) is 0 Å². The van der Waals surface area contributed by atoms with E-state index in [9.17, 15) is 4.79 Å². The van der Waals surface area contributed by atoms with E-state index in [4.69, 9.17) is 9.47 Å². The van der Waals surface area contributed by atoms with E-state index < -0.39 is 0 Å². The molecule has 0 spiro atoms. The molecule has 2 aromatic rings. The van der Waals surface area contributed by atoms with Crippen LogP contribution < -0.4 is 14.9 Å². The zero-order chi connectivity index (χ0) is 17.5. The Balaban J connectivity index is 2.06. The van der Waals surface area contributed by atoms with Gasteiger partial charge in [0.05, 0.1) is 25.0 Å². The Bertz CT molecular complexity index is 745. The molecule has 1 amide bonds. The molecule has 0 radical (unpaired) electrons. The lowest BCUT2D eigenvalue weighted by Gasteiger charge is -2.13. The monoisotopic (exact) mass is 390 g/mol. The first kappa shape index (κ1) is 18.0. The van der Waals surface area contributed by atoms with Gasteiger partial charge in [-0.25, -0.2) is 5.43 Å². The van der Waals surface area contributed by atoms with E-state index in [1.54, 1.807) is 37.6 Å². The predicted octanol–water partition coefficient (Wildman–Crippen LogP) is 4.01. The van der Waals surface area contributed by atoms with Gasteiger partial charge in [-0.3, -0.25) is 4.79 Å². The second-order valence-electron chi connectivity index (χ2n) is 5.26. The van der Waals surface area contributed by atoms with Gasteiger partial charge in [-0.1, -0.05) is 12.1 Å². The molecule has 0 aliphatic rings. The quantitative estimate of drug-likeness (QED) is 0.598. The molecule has 0 atom stereocenters. The standard InChI is InChI=1S/C18H19BrN2O3/c1-12(2)24-16-9-8-13(10-17(16)23-3)11-20-21-18(22)14-6-4-5-7-15(14)19/h4-12H,1-3H3,(H,21,22)/b20-11+. The van der Waals surface area contributed by atoms with Crippen molar-refractivity contribution < 1.29 is 14.3 Å². The highest BCUT2D eigenvalue weighted by Crippen LogP contribution is 2.28. The Morgan fingerprint density at radius 1 is 1.21 bits per heavy atom. The van der Waals surface area contributed by atoms with Gasteiger partial charge in [-0.2, -0.15) is 5.10 Å². The van der Waals surface area contributed by atoms with Gasteiger partial charge < -0.3 is 9.47 Å². The number of amides is 1. The lowest BCUT2D eigenvalue weighted by atomic mass is 10.2. The van der Waals surface area contributed by atoms with Crippen molar-refractivity contribution in [2.45, 2.75) is 20.0 Å². The predicted molar refractivity (Wildman–Crippen MR) is 98.0 cm³/mol. The SMILES string of the molecule is COc1cc(/C=N/NC(=O)c2ccccc2Br)ccc1OC(C)C. The van der Waals surface area contributed by atoms with E-state index in [2.05, 4.69) is 26.5 Å². The van der Waals surface area contributed by atoms with Gasteiger partial charge >= 0.3 is 0 Å². The molecule has 5 nitrogen and oxygen atoms in total. The fourth-order valence-electron chi connectivity index (χ4n) is 1.99. The van der Waals surface area contributed by atoms with Crippen LogP contribution in [-0.2, 0) is 0 Å². The lowest BCUT2D eigenvalue weighted by molar-refractivity contribution is 0.0954. The molecule has 2 aromatic carbocycles. The smallest absolute Gasteiger partial charge is 0.272 e. The number of ether oxygens (including phenoxy) is 2. The van der Waals surface area contributed by atoms with Crippen LogP contribution in [0.2, 0.25) is 0 Å². The molecule has 0 fully saturated rings. The molecule has 0 aliphatic carbocycles. The van der Waals surface area contributed by atoms with Crippen LogP contribution >= 0.6 is 15.9 Å². The number of carbonyl (C=O) groups is 1. The molecular weight excluding hydrogens is 372 g/mol. The zero-order valence-electron chi connectivity index (χ0n) is 13.7. The highest BCUT2D eigenvalue weighted by molar-refractivity contribution is 9.10. The Labute approximate surface area is 149 Å². The average Bonchev–Trinajstić information content (AvgIpc) is 2.56. The van der Waals surface area contributed by atoms with Gasteiger partial charge in [0.25, 0.3) is 5.91 Å². The maximum atomic E-state index is 12.1. The number of rotatable bonds is 6. The van der Waals surface area contributed by atoms with Gasteiger partial charge in [0.1, 0.15) is 0 Å². The normalized spacial score (nSPS) is 10.9. The summed E-state index contributed by atoms with van der Waals surface area (Å²) in [5.41, 5.74) is 3.81. The number of nitrogens with zero attached hydrogens (tertiary/aromatic N) is 1. The van der Waals surface area contributed by atoms with Crippen molar-refractivity contribution in [2.24, 2.45) is 5.10 Å². The number of methoxy groups -OCH3 is 1. The average molecular weight is 391 g/mol. The van der Waals surface area contributed by atoms with Gasteiger partial charge in [-0.05, 0) is 65.7 Å². The summed E-state index contributed by atoms with van der Waals surface area (Å²) in [6.07, 6.45) is 1.61. The number of hydrazone groups is 1. The summed E-state index contributed by atoms with van der Waals surface area (Å²) in [4.78, 5) is 12.1. The minimum Gasteiger partial charge on any atom is -0.493 e. The summed E-state index contributed by atoms with van der Waals surface area (Å²) in [5, 5.41) is 3.98. The van der Waals surface area contributed by atoms with E-state index in [1.807, 2.05) is 32.0 Å². The molecule has 126 valence electrons. The number of hydrogen-bond acceptors (Lipinski definition) is 4. The van der Waals surface area contributed by atoms with Crippen molar-refractivity contribution in [3.63, 3.8) is 0 Å². The van der Waals surface area contributed by atoms with E-state index in [0.29, 0.717) is 17.1 Å². The van der Waals surface area contributed by atoms with Crippen molar-refractivity contribution >= 4 is 28.1 Å². The largest absolute Gasteiger partial charge is 0.493 e. The van der Waals surface area contributed by atoms with Crippen LogP contribution in [0, 0.1) is 0 Å². The number of benzene rings is 2. The van der Waals surface area contributed by atoms with Gasteiger partial charge in [-0.15, -0.1) is 0 Å². The zero-order valence-corrected chi connectivity index (χ0v) is 15.3. The fraction of sp³-hybridized carbons (Fsp3) is 0.222. The molecule has 2 rings (SSSR count). The van der Waals surface area contributed by atoms with Crippen LogP contribution in [0.5, 0.6) is 11.5 Å². The first-order chi connectivity index (χ1) is 11.5. The molecule has 0 bridgehead atoms. The number of carbonyl (C=O) groups excluding carboxylic acids is 1. The molecule has 0 aromatic heterocycles. The maximum absolute atomic E-state index is 12.1. The van der Waals surface area contributed by atoms with Crippen molar-refractivity contribution in [3.8, 4) is 11.5 Å². The van der Waals surface area contributed by atoms with E-state index in [-0.39, 0.29) is 12.0 Å². The third kappa shape index (κ3) is 4.83. The van der Waals surface area contributed by atoms with Crippen LogP contribution in [0.1, 0.15) is 29.8 Å². The van der Waals surface area contributed by atoms with Crippen molar-refractivity contribution in [1.82, 2.24) is 5.43 Å². The molecule has 0 aliphatic heterocycles. The van der Waals surface area contributed by atoms with Gasteiger partial charge in [0.2, 0.25) is 0 Å². The van der Waals surface area contributed by atoms with E-state index in [1.165, 1.54) is 0 Å². The van der Waals surface area contributed by atoms with E-state index >= 15 is 0 Å². The minimum absolute atomic E-state index is 0.0574. The summed E-state index contributed by atoms with van der Waals surface area (Å²) in [6, 6.07) is 12.6. The minimum atomic E-state index is -0.287. The van der Waals surface area contributed by atoms with E-state index in [0.717, 1.165) is 10.0 Å². The highest BCUT2D eigenvalue weighted by Gasteiger charge is 2.08. The highest BCUT2D eigenvalue weighted by atomic mass is 79.9. The van der Waals surface area contributed by atoms with Crippen LogP contribution in [0.4, 0.5) is 0 Å². The van der Waals surface area contributed by atoms with Crippen LogP contribution in [0.15, 0.2) is 52.0 Å². The Kier molecular flexibility index (Phi) is 6.37. The Morgan fingerprint density at radius 3 is 2.62 bits per heavy atom.